The number of fused-ring (bicyclic) bond motifs is 2. The molecule has 1 saturated carbocycles. The number of alkyl carbamates (subject to hydrolysis) is 2. The summed E-state index contributed by atoms with van der Waals surface area (Å²) in [5, 5.41) is 7.80. The van der Waals surface area contributed by atoms with Crippen molar-refractivity contribution >= 4 is 34.8 Å². The molecule has 3 aromatic carbocycles. The van der Waals surface area contributed by atoms with Gasteiger partial charge in [0, 0.05) is 30.9 Å². The quantitative estimate of drug-likeness (QED) is 0.103. The molecule has 0 bridgehead atoms. The van der Waals surface area contributed by atoms with E-state index in [0.29, 0.717) is 32.0 Å². The summed E-state index contributed by atoms with van der Waals surface area (Å²) in [5.41, 5.74) is 5.90. The Morgan fingerprint density at radius 1 is 0.703 bits per heavy atom. The van der Waals surface area contributed by atoms with Gasteiger partial charge >= 0.3 is 12.2 Å². The summed E-state index contributed by atoms with van der Waals surface area (Å²) < 4.78 is 15.3. The van der Waals surface area contributed by atoms with Gasteiger partial charge in [-0.2, -0.15) is 0 Å². The maximum absolute atomic E-state index is 14.3. The zero-order chi connectivity index (χ0) is 44.8. The number of aromatic nitrogens is 4. The van der Waals surface area contributed by atoms with Crippen molar-refractivity contribution in [3.05, 3.63) is 84.7 Å². The number of H-pyrrole nitrogens is 2. The fraction of sp³-hybridized carbons (Fsp3) is 0.469. The van der Waals surface area contributed by atoms with Gasteiger partial charge in [0.1, 0.15) is 23.7 Å². The number of likely N-dealkylation sites (tertiary alicyclic amines) is 2. The standard InChI is InChI=1S/C49H58N8O7/c1-26(2)42(54-48(60)62-5)46(58)56-28(4)27(3)19-40(56)44-50-24-37(52-44)30-9-7-29(8-10-30)32-11-12-34-21-35(14-13-33(34)20-32)38-25-51-45(53-38)41-23-36-22-39(36)57(41)47(59)43(55-49(61)63-6)31-15-17-64-18-16-31/h7-14,20-21,24-28,31,36,39-43H,15-19,22-23H2,1-6H3,(H,50,52)(H,51,53)(H,54,60)(H,55,61)/t27-,28-,36-,39-,40+,41+,42+,43+/m1/s1. The van der Waals surface area contributed by atoms with Crippen molar-refractivity contribution in [2.45, 2.75) is 96.1 Å². The molecule has 4 fully saturated rings. The molecule has 5 heterocycles. The van der Waals surface area contributed by atoms with Crippen LogP contribution in [0.5, 0.6) is 0 Å². The minimum Gasteiger partial charge on any atom is -0.453 e. The Balaban J connectivity index is 0.884. The smallest absolute Gasteiger partial charge is 0.407 e. The van der Waals surface area contributed by atoms with Gasteiger partial charge in [0.25, 0.3) is 0 Å². The predicted molar refractivity (Wildman–Crippen MR) is 241 cm³/mol. The molecule has 2 aromatic heterocycles. The van der Waals surface area contributed by atoms with Crippen LogP contribution in [0.3, 0.4) is 0 Å². The highest BCUT2D eigenvalue weighted by Gasteiger charge is 2.56. The number of benzene rings is 3. The molecule has 9 rings (SSSR count). The van der Waals surface area contributed by atoms with Crippen LogP contribution in [0, 0.1) is 23.7 Å². The Hall–Kier alpha value is -6.22. The largest absolute Gasteiger partial charge is 0.453 e. The van der Waals surface area contributed by atoms with E-state index in [1.165, 1.54) is 14.2 Å². The van der Waals surface area contributed by atoms with Crippen molar-refractivity contribution < 1.29 is 33.4 Å². The van der Waals surface area contributed by atoms with Gasteiger partial charge < -0.3 is 44.6 Å². The molecule has 8 atom stereocenters. The Morgan fingerprint density at radius 2 is 1.27 bits per heavy atom. The number of nitrogens with zero attached hydrogens (tertiary/aromatic N) is 4. The number of amides is 4. The maximum Gasteiger partial charge on any atom is 0.407 e. The second-order valence-corrected chi connectivity index (χ2v) is 18.4. The number of nitrogens with one attached hydrogen (secondary N) is 4. The van der Waals surface area contributed by atoms with Gasteiger partial charge in [-0.25, -0.2) is 19.6 Å². The Kier molecular flexibility index (Phi) is 11.9. The maximum atomic E-state index is 14.3. The van der Waals surface area contributed by atoms with E-state index in [-0.39, 0.29) is 53.7 Å². The minimum absolute atomic E-state index is 0.0224. The van der Waals surface area contributed by atoms with Crippen LogP contribution in [0.4, 0.5) is 9.59 Å². The molecule has 0 unspecified atom stereocenters. The lowest BCUT2D eigenvalue weighted by Crippen LogP contribution is -2.54. The molecule has 3 aliphatic heterocycles. The van der Waals surface area contributed by atoms with Gasteiger partial charge in [-0.3, -0.25) is 9.59 Å². The third-order valence-corrected chi connectivity index (χ3v) is 14.2. The molecular weight excluding hydrogens is 813 g/mol. The molecule has 15 heteroatoms. The molecule has 4 N–H and O–H groups in total. The zero-order valence-corrected chi connectivity index (χ0v) is 37.3. The second kappa shape index (κ2) is 17.7. The summed E-state index contributed by atoms with van der Waals surface area (Å²) >= 11 is 0. The lowest BCUT2D eigenvalue weighted by molar-refractivity contribution is -0.138. The number of aromatic amines is 2. The summed E-state index contributed by atoms with van der Waals surface area (Å²) in [6.45, 7) is 9.15. The van der Waals surface area contributed by atoms with Gasteiger partial charge in [0.05, 0.1) is 50.1 Å². The van der Waals surface area contributed by atoms with Crippen LogP contribution >= 0.6 is 0 Å². The van der Waals surface area contributed by atoms with Crippen LogP contribution in [0.15, 0.2) is 73.1 Å². The number of hydrogen-bond acceptors (Lipinski definition) is 9. The third-order valence-electron chi connectivity index (χ3n) is 14.2. The first-order valence-corrected chi connectivity index (χ1v) is 22.6. The highest BCUT2D eigenvalue weighted by molar-refractivity contribution is 5.91. The number of imidazole rings is 2. The average Bonchev–Trinajstić information content (AvgIpc) is 3.75. The number of methoxy groups -OCH3 is 2. The van der Waals surface area contributed by atoms with Crippen molar-refractivity contribution in [3.63, 3.8) is 0 Å². The van der Waals surface area contributed by atoms with Gasteiger partial charge in [-0.1, -0.05) is 69.3 Å². The molecule has 0 spiro atoms. The molecular formula is C49H58N8O7. The van der Waals surface area contributed by atoms with Crippen LogP contribution in [-0.4, -0.2) is 105 Å². The Labute approximate surface area is 373 Å². The SMILES string of the molecule is COC(=O)N[C@H](C(=O)N1[C@H](C)[C@H](C)C[C@H]1c1ncc(-c2ccc(-c3ccc4cc(-c5cnc([C@@H]6C[C@H]7C[C@H]7N6C(=O)[C@@H](NC(=O)OC)C6CCOCC6)[nH]5)ccc4c3)cc2)[nH]1)C(C)C. The van der Waals surface area contributed by atoms with E-state index in [0.717, 1.165) is 75.3 Å². The second-order valence-electron chi connectivity index (χ2n) is 18.4. The van der Waals surface area contributed by atoms with Crippen molar-refractivity contribution in [1.82, 2.24) is 40.4 Å². The zero-order valence-electron chi connectivity index (χ0n) is 37.3. The van der Waals surface area contributed by atoms with Crippen LogP contribution in [-0.2, 0) is 23.8 Å². The van der Waals surface area contributed by atoms with Crippen molar-refractivity contribution in [1.29, 1.82) is 0 Å². The van der Waals surface area contributed by atoms with Crippen molar-refractivity contribution in [2.24, 2.45) is 23.7 Å². The fourth-order valence-corrected chi connectivity index (χ4v) is 10.2. The Morgan fingerprint density at radius 3 is 1.91 bits per heavy atom. The number of carbonyl (C=O) groups is 4. The number of piperidine rings is 1. The summed E-state index contributed by atoms with van der Waals surface area (Å²) in [6, 6.07) is 19.5. The molecule has 15 nitrogen and oxygen atoms in total. The normalized spacial score (nSPS) is 24.0. The van der Waals surface area contributed by atoms with Crippen molar-refractivity contribution in [3.8, 4) is 33.6 Å². The number of ether oxygens (including phenoxy) is 3. The molecule has 64 heavy (non-hydrogen) atoms. The van der Waals surface area contributed by atoms with Crippen LogP contribution in [0.1, 0.15) is 83.5 Å². The first-order chi connectivity index (χ1) is 30.9. The van der Waals surface area contributed by atoms with Crippen molar-refractivity contribution in [2.75, 3.05) is 27.4 Å². The summed E-state index contributed by atoms with van der Waals surface area (Å²) in [5.74, 6) is 1.80. The van der Waals surface area contributed by atoms with E-state index in [1.54, 1.807) is 0 Å². The van der Waals surface area contributed by atoms with E-state index in [2.05, 4.69) is 95.1 Å². The molecule has 1 aliphatic carbocycles. The fourth-order valence-electron chi connectivity index (χ4n) is 10.2. The molecule has 4 amide bonds. The van der Waals surface area contributed by atoms with E-state index < -0.39 is 24.3 Å². The van der Waals surface area contributed by atoms with E-state index in [9.17, 15) is 19.2 Å². The lowest BCUT2D eigenvalue weighted by atomic mass is 9.90. The average molecular weight is 871 g/mol. The molecule has 3 saturated heterocycles. The topological polar surface area (TPSA) is 184 Å². The van der Waals surface area contributed by atoms with E-state index in [1.807, 2.05) is 36.0 Å². The summed E-state index contributed by atoms with van der Waals surface area (Å²) in [4.78, 5) is 73.2. The lowest BCUT2D eigenvalue weighted by Gasteiger charge is -2.35. The number of rotatable bonds is 11. The first kappa shape index (κ1) is 43.1. The van der Waals surface area contributed by atoms with Gasteiger partial charge in [-0.05, 0) is 102 Å². The summed E-state index contributed by atoms with van der Waals surface area (Å²) in [7, 11) is 2.62. The number of hydrogen-bond donors (Lipinski definition) is 4. The molecule has 336 valence electrons. The Bertz CT molecular complexity index is 2530. The van der Waals surface area contributed by atoms with Gasteiger partial charge in [0.15, 0.2) is 0 Å². The molecule has 5 aromatic rings. The highest BCUT2D eigenvalue weighted by atomic mass is 16.5. The van der Waals surface area contributed by atoms with Gasteiger partial charge in [0.2, 0.25) is 11.8 Å². The van der Waals surface area contributed by atoms with E-state index in [4.69, 9.17) is 24.2 Å². The predicted octanol–water partition coefficient (Wildman–Crippen LogP) is 7.78. The molecule has 4 aliphatic rings. The highest BCUT2D eigenvalue weighted by Crippen LogP contribution is 2.53. The number of carbonyl (C=O) groups excluding carboxylic acids is 4. The first-order valence-electron chi connectivity index (χ1n) is 22.6. The minimum atomic E-state index is -0.716. The van der Waals surface area contributed by atoms with Crippen LogP contribution < -0.4 is 10.6 Å². The summed E-state index contributed by atoms with van der Waals surface area (Å²) in [6.07, 6.45) is 6.41. The van der Waals surface area contributed by atoms with Crippen LogP contribution in [0.25, 0.3) is 44.4 Å². The monoisotopic (exact) mass is 870 g/mol. The van der Waals surface area contributed by atoms with Crippen LogP contribution in [0.2, 0.25) is 0 Å². The van der Waals surface area contributed by atoms with Gasteiger partial charge in [-0.15, -0.1) is 0 Å². The molecule has 0 radical (unpaired) electrons. The van der Waals surface area contributed by atoms with E-state index >= 15 is 0 Å². The third kappa shape index (κ3) is 8.33.